The van der Waals surface area contributed by atoms with Gasteiger partial charge < -0.3 is 14.9 Å². The maximum Gasteiger partial charge on any atom is 0.314 e. The molecule has 0 bridgehead atoms. The SMILES string of the molecule is COc1cccc(C2(C(=O)O)CC(O)C2)c1. The fraction of sp³-hybridized carbons (Fsp3) is 0.417. The number of carboxylic acids is 1. The Morgan fingerprint density at radius 3 is 2.69 bits per heavy atom. The van der Waals surface area contributed by atoms with Gasteiger partial charge in [0.2, 0.25) is 0 Å². The number of carboxylic acid groups (broad SMARTS) is 1. The highest BCUT2D eigenvalue weighted by atomic mass is 16.5. The molecule has 2 N–H and O–H groups in total. The number of methoxy groups -OCH3 is 1. The predicted octanol–water partition coefficient (Wildman–Crippen LogP) is 1.17. The smallest absolute Gasteiger partial charge is 0.314 e. The molecule has 4 nitrogen and oxygen atoms in total. The minimum absolute atomic E-state index is 0.273. The molecule has 0 saturated heterocycles. The number of benzene rings is 1. The Hall–Kier alpha value is -1.55. The summed E-state index contributed by atoms with van der Waals surface area (Å²) in [6.45, 7) is 0. The van der Waals surface area contributed by atoms with Crippen molar-refractivity contribution in [3.05, 3.63) is 29.8 Å². The predicted molar refractivity (Wildman–Crippen MR) is 57.5 cm³/mol. The van der Waals surface area contributed by atoms with Crippen molar-refractivity contribution in [2.45, 2.75) is 24.4 Å². The Kier molecular flexibility index (Phi) is 2.59. The normalized spacial score (nSPS) is 28.2. The summed E-state index contributed by atoms with van der Waals surface area (Å²) in [7, 11) is 1.54. The molecular weight excluding hydrogens is 208 g/mol. The van der Waals surface area contributed by atoms with Gasteiger partial charge in [-0.25, -0.2) is 0 Å². The molecule has 1 aromatic carbocycles. The Morgan fingerprint density at radius 1 is 1.50 bits per heavy atom. The highest BCUT2D eigenvalue weighted by Crippen LogP contribution is 2.44. The fourth-order valence-electron chi connectivity index (χ4n) is 2.20. The molecular formula is C12H14O4. The van der Waals surface area contributed by atoms with Gasteiger partial charge in [-0.05, 0) is 30.5 Å². The average molecular weight is 222 g/mol. The van der Waals surface area contributed by atoms with E-state index in [4.69, 9.17) is 4.74 Å². The van der Waals surface area contributed by atoms with E-state index in [2.05, 4.69) is 0 Å². The third-order valence-corrected chi connectivity index (χ3v) is 3.20. The molecule has 0 atom stereocenters. The number of rotatable bonds is 3. The number of ether oxygens (including phenoxy) is 1. The van der Waals surface area contributed by atoms with Gasteiger partial charge in [0, 0.05) is 0 Å². The van der Waals surface area contributed by atoms with Crippen LogP contribution in [0, 0.1) is 0 Å². The zero-order chi connectivity index (χ0) is 11.8. The third-order valence-electron chi connectivity index (χ3n) is 3.20. The van der Waals surface area contributed by atoms with Crippen LogP contribution in [0.4, 0.5) is 0 Å². The summed E-state index contributed by atoms with van der Waals surface area (Å²) >= 11 is 0. The third kappa shape index (κ3) is 1.55. The molecule has 2 rings (SSSR count). The van der Waals surface area contributed by atoms with Gasteiger partial charge in [-0.1, -0.05) is 12.1 Å². The zero-order valence-corrected chi connectivity index (χ0v) is 9.01. The van der Waals surface area contributed by atoms with E-state index in [-0.39, 0.29) is 12.8 Å². The van der Waals surface area contributed by atoms with Crippen molar-refractivity contribution >= 4 is 5.97 Å². The summed E-state index contributed by atoms with van der Waals surface area (Å²) in [4.78, 5) is 11.3. The van der Waals surface area contributed by atoms with Crippen molar-refractivity contribution in [1.82, 2.24) is 0 Å². The molecule has 1 aliphatic carbocycles. The van der Waals surface area contributed by atoms with Crippen molar-refractivity contribution in [3.8, 4) is 5.75 Å². The molecule has 0 spiro atoms. The zero-order valence-electron chi connectivity index (χ0n) is 9.01. The van der Waals surface area contributed by atoms with Crippen LogP contribution in [-0.2, 0) is 10.2 Å². The largest absolute Gasteiger partial charge is 0.497 e. The van der Waals surface area contributed by atoms with Gasteiger partial charge in [-0.3, -0.25) is 4.79 Å². The summed E-state index contributed by atoms with van der Waals surface area (Å²) in [5.74, 6) is -0.245. The van der Waals surface area contributed by atoms with Gasteiger partial charge in [0.15, 0.2) is 0 Å². The summed E-state index contributed by atoms with van der Waals surface area (Å²) in [5.41, 5.74) is -0.238. The lowest BCUT2D eigenvalue weighted by Crippen LogP contribution is -2.50. The van der Waals surface area contributed by atoms with Crippen molar-refractivity contribution in [2.24, 2.45) is 0 Å². The highest BCUT2D eigenvalue weighted by molar-refractivity contribution is 5.83. The first-order valence-electron chi connectivity index (χ1n) is 5.14. The van der Waals surface area contributed by atoms with Crippen LogP contribution >= 0.6 is 0 Å². The Labute approximate surface area is 93.5 Å². The van der Waals surface area contributed by atoms with Gasteiger partial charge in [-0.2, -0.15) is 0 Å². The molecule has 0 heterocycles. The molecule has 16 heavy (non-hydrogen) atoms. The Balaban J connectivity index is 2.37. The minimum atomic E-state index is -0.937. The highest BCUT2D eigenvalue weighted by Gasteiger charge is 2.51. The van der Waals surface area contributed by atoms with Crippen LogP contribution in [0.5, 0.6) is 5.75 Å². The van der Waals surface area contributed by atoms with E-state index in [0.717, 1.165) is 0 Å². The average Bonchev–Trinajstić information content (AvgIpc) is 2.24. The van der Waals surface area contributed by atoms with Gasteiger partial charge in [0.25, 0.3) is 0 Å². The molecule has 0 unspecified atom stereocenters. The first-order chi connectivity index (χ1) is 7.58. The minimum Gasteiger partial charge on any atom is -0.497 e. The van der Waals surface area contributed by atoms with Crippen molar-refractivity contribution in [1.29, 1.82) is 0 Å². The van der Waals surface area contributed by atoms with Crippen LogP contribution in [-0.4, -0.2) is 29.4 Å². The molecule has 1 aliphatic rings. The van der Waals surface area contributed by atoms with E-state index >= 15 is 0 Å². The molecule has 1 saturated carbocycles. The van der Waals surface area contributed by atoms with Gasteiger partial charge in [-0.15, -0.1) is 0 Å². The molecule has 0 amide bonds. The van der Waals surface area contributed by atoms with Crippen LogP contribution in [0.1, 0.15) is 18.4 Å². The quantitative estimate of drug-likeness (QED) is 0.805. The maximum atomic E-state index is 11.3. The number of aliphatic carboxylic acids is 1. The summed E-state index contributed by atoms with van der Waals surface area (Å²) < 4.78 is 5.07. The maximum absolute atomic E-state index is 11.3. The number of aliphatic hydroxyl groups is 1. The second kappa shape index (κ2) is 3.79. The second-order valence-corrected chi connectivity index (χ2v) is 4.18. The van der Waals surface area contributed by atoms with E-state index in [1.807, 2.05) is 0 Å². The topological polar surface area (TPSA) is 66.8 Å². The summed E-state index contributed by atoms with van der Waals surface area (Å²) in [5, 5.41) is 18.6. The van der Waals surface area contributed by atoms with Crippen LogP contribution < -0.4 is 4.74 Å². The summed E-state index contributed by atoms with van der Waals surface area (Å²) in [6, 6.07) is 7.03. The lowest BCUT2D eigenvalue weighted by molar-refractivity contribution is -0.152. The number of aliphatic hydroxyl groups excluding tert-OH is 1. The van der Waals surface area contributed by atoms with E-state index in [1.54, 1.807) is 31.4 Å². The molecule has 1 fully saturated rings. The first kappa shape index (κ1) is 11.0. The lowest BCUT2D eigenvalue weighted by Gasteiger charge is -2.42. The molecule has 4 heteroatoms. The fourth-order valence-corrected chi connectivity index (χ4v) is 2.20. The monoisotopic (exact) mass is 222 g/mol. The van der Waals surface area contributed by atoms with E-state index in [0.29, 0.717) is 11.3 Å². The van der Waals surface area contributed by atoms with E-state index in [1.165, 1.54) is 0 Å². The van der Waals surface area contributed by atoms with Gasteiger partial charge in [0.1, 0.15) is 5.75 Å². The van der Waals surface area contributed by atoms with Crippen molar-refractivity contribution < 1.29 is 19.7 Å². The number of carbonyl (C=O) groups is 1. The molecule has 0 aromatic heterocycles. The van der Waals surface area contributed by atoms with Crippen LogP contribution in [0.2, 0.25) is 0 Å². The molecule has 0 radical (unpaired) electrons. The van der Waals surface area contributed by atoms with Crippen LogP contribution in [0.15, 0.2) is 24.3 Å². The molecule has 1 aromatic rings. The molecule has 0 aliphatic heterocycles. The standard InChI is InChI=1S/C12H14O4/c1-16-10-4-2-3-8(5-10)12(11(14)15)6-9(13)7-12/h2-5,9,13H,6-7H2,1H3,(H,14,15). The van der Waals surface area contributed by atoms with Crippen LogP contribution in [0.3, 0.4) is 0 Å². The van der Waals surface area contributed by atoms with Crippen molar-refractivity contribution in [2.75, 3.05) is 7.11 Å². The first-order valence-corrected chi connectivity index (χ1v) is 5.14. The van der Waals surface area contributed by atoms with Crippen LogP contribution in [0.25, 0.3) is 0 Å². The van der Waals surface area contributed by atoms with E-state index in [9.17, 15) is 15.0 Å². The summed E-state index contributed by atoms with van der Waals surface area (Å²) in [6.07, 6.45) is 0.0349. The van der Waals surface area contributed by atoms with Gasteiger partial charge in [0.05, 0.1) is 18.6 Å². The Bertz CT molecular complexity index is 407. The number of hydrogen-bond donors (Lipinski definition) is 2. The van der Waals surface area contributed by atoms with Gasteiger partial charge >= 0.3 is 5.97 Å². The Morgan fingerprint density at radius 2 is 2.19 bits per heavy atom. The molecule has 86 valence electrons. The lowest BCUT2D eigenvalue weighted by atomic mass is 9.63. The second-order valence-electron chi connectivity index (χ2n) is 4.18. The van der Waals surface area contributed by atoms with Crippen molar-refractivity contribution in [3.63, 3.8) is 0 Å². The number of hydrogen-bond acceptors (Lipinski definition) is 3. The van der Waals surface area contributed by atoms with E-state index < -0.39 is 17.5 Å².